The first-order valence-corrected chi connectivity index (χ1v) is 7.74. The van der Waals surface area contributed by atoms with Crippen LogP contribution in [0.1, 0.15) is 26.3 Å². The fourth-order valence-electron chi connectivity index (χ4n) is 2.57. The number of rotatable bonds is 2. The van der Waals surface area contributed by atoms with Crippen LogP contribution in [-0.4, -0.2) is 30.0 Å². The number of nitriles is 1. The lowest BCUT2D eigenvalue weighted by atomic mass is 9.94. The van der Waals surface area contributed by atoms with E-state index in [4.69, 9.17) is 0 Å². The van der Waals surface area contributed by atoms with Gasteiger partial charge in [-0.2, -0.15) is 5.26 Å². The third-order valence-corrected chi connectivity index (χ3v) is 4.02. The van der Waals surface area contributed by atoms with Crippen LogP contribution in [0.25, 0.3) is 10.9 Å². The van der Waals surface area contributed by atoms with Crippen LogP contribution in [0.5, 0.6) is 0 Å². The van der Waals surface area contributed by atoms with Crippen molar-refractivity contribution >= 4 is 22.6 Å². The van der Waals surface area contributed by atoms with Gasteiger partial charge < -0.3 is 10.2 Å². The molecule has 1 N–H and O–H groups in total. The average molecular weight is 308 g/mol. The molecule has 0 spiro atoms. The molecule has 0 unspecified atom stereocenters. The molecule has 0 aliphatic carbocycles. The Balaban J connectivity index is 1.76. The fraction of sp³-hybridized carbons (Fsp3) is 0.389. The van der Waals surface area contributed by atoms with Gasteiger partial charge in [-0.25, -0.2) is 4.98 Å². The van der Waals surface area contributed by atoms with Crippen molar-refractivity contribution in [2.75, 3.05) is 18.0 Å². The highest BCUT2D eigenvalue weighted by molar-refractivity contribution is 5.84. The quantitative estimate of drug-likeness (QED) is 0.925. The Morgan fingerprint density at radius 3 is 2.70 bits per heavy atom. The van der Waals surface area contributed by atoms with Gasteiger partial charge in [-0.3, -0.25) is 4.79 Å². The smallest absolute Gasteiger partial charge is 0.225 e. The van der Waals surface area contributed by atoms with Crippen molar-refractivity contribution < 1.29 is 4.79 Å². The highest BCUT2D eigenvalue weighted by Gasteiger charge is 2.33. The molecule has 1 fully saturated rings. The Bertz CT molecular complexity index is 795. The van der Waals surface area contributed by atoms with Crippen molar-refractivity contribution in [1.82, 2.24) is 10.3 Å². The third kappa shape index (κ3) is 2.98. The van der Waals surface area contributed by atoms with Gasteiger partial charge in [0.05, 0.1) is 17.1 Å². The van der Waals surface area contributed by atoms with Gasteiger partial charge in [0.2, 0.25) is 5.91 Å². The van der Waals surface area contributed by atoms with E-state index < -0.39 is 0 Å². The van der Waals surface area contributed by atoms with E-state index >= 15 is 0 Å². The molecule has 1 aliphatic heterocycles. The topological polar surface area (TPSA) is 69.0 Å². The van der Waals surface area contributed by atoms with Gasteiger partial charge in [0.15, 0.2) is 0 Å². The number of aromatic nitrogens is 1. The number of nitrogens with zero attached hydrogens (tertiary/aromatic N) is 3. The number of nitrogens with one attached hydrogen (secondary N) is 1. The number of pyridine rings is 1. The second-order valence-corrected chi connectivity index (χ2v) is 6.99. The molecule has 3 rings (SSSR count). The van der Waals surface area contributed by atoms with E-state index in [1.165, 1.54) is 0 Å². The molecule has 1 amide bonds. The van der Waals surface area contributed by atoms with Crippen molar-refractivity contribution in [3.63, 3.8) is 0 Å². The summed E-state index contributed by atoms with van der Waals surface area (Å²) in [5, 5.41) is 13.4. The van der Waals surface area contributed by atoms with Gasteiger partial charge in [-0.05, 0) is 12.1 Å². The molecule has 0 radical (unpaired) electrons. The van der Waals surface area contributed by atoms with E-state index in [-0.39, 0.29) is 17.4 Å². The van der Waals surface area contributed by atoms with Crippen LogP contribution in [0.4, 0.5) is 5.82 Å². The summed E-state index contributed by atoms with van der Waals surface area (Å²) in [5.41, 5.74) is 1.06. The normalized spacial score (nSPS) is 15.1. The maximum absolute atomic E-state index is 12.0. The molecule has 1 aromatic carbocycles. The molecule has 0 atom stereocenters. The summed E-state index contributed by atoms with van der Waals surface area (Å²) in [7, 11) is 0. The highest BCUT2D eigenvalue weighted by Crippen LogP contribution is 2.27. The molecule has 1 saturated heterocycles. The number of carbonyl (C=O) groups is 1. The Morgan fingerprint density at radius 1 is 1.35 bits per heavy atom. The van der Waals surface area contributed by atoms with Crippen LogP contribution >= 0.6 is 0 Å². The Labute approximate surface area is 135 Å². The van der Waals surface area contributed by atoms with Gasteiger partial charge in [-0.1, -0.05) is 39.0 Å². The summed E-state index contributed by atoms with van der Waals surface area (Å²) in [6.07, 6.45) is 0. The summed E-state index contributed by atoms with van der Waals surface area (Å²) >= 11 is 0. The van der Waals surface area contributed by atoms with Crippen LogP contribution in [-0.2, 0) is 4.79 Å². The van der Waals surface area contributed by atoms with E-state index in [2.05, 4.69) is 16.4 Å². The lowest BCUT2D eigenvalue weighted by molar-refractivity contribution is -0.129. The maximum atomic E-state index is 12.0. The molecule has 5 heteroatoms. The van der Waals surface area contributed by atoms with Crippen LogP contribution in [0.2, 0.25) is 0 Å². The Kier molecular flexibility index (Phi) is 3.69. The number of hydrogen-bond acceptors (Lipinski definition) is 4. The number of fused-ring (bicyclic) bond motifs is 1. The molecule has 2 heterocycles. The molecule has 1 aromatic heterocycles. The van der Waals surface area contributed by atoms with Crippen LogP contribution in [0.15, 0.2) is 30.3 Å². The van der Waals surface area contributed by atoms with Crippen LogP contribution in [0, 0.1) is 16.7 Å². The summed E-state index contributed by atoms with van der Waals surface area (Å²) in [4.78, 5) is 18.7. The zero-order valence-corrected chi connectivity index (χ0v) is 13.6. The Morgan fingerprint density at radius 2 is 2.04 bits per heavy atom. The van der Waals surface area contributed by atoms with E-state index in [9.17, 15) is 10.1 Å². The van der Waals surface area contributed by atoms with Crippen molar-refractivity contribution in [2.45, 2.75) is 26.8 Å². The number of amides is 1. The minimum Gasteiger partial charge on any atom is -0.351 e. The van der Waals surface area contributed by atoms with E-state index in [1.54, 1.807) is 0 Å². The van der Waals surface area contributed by atoms with Gasteiger partial charge >= 0.3 is 0 Å². The van der Waals surface area contributed by atoms with E-state index in [0.717, 1.165) is 10.9 Å². The fourth-order valence-corrected chi connectivity index (χ4v) is 2.57. The predicted octanol–water partition coefficient (Wildman–Crippen LogP) is 2.46. The van der Waals surface area contributed by atoms with Gasteiger partial charge in [-0.15, -0.1) is 0 Å². The molecule has 5 nitrogen and oxygen atoms in total. The Hall–Kier alpha value is -2.61. The lowest BCUT2D eigenvalue weighted by Gasteiger charge is -2.41. The van der Waals surface area contributed by atoms with Gasteiger partial charge in [0.25, 0.3) is 0 Å². The number of anilines is 1. The number of para-hydroxylation sites is 1. The second-order valence-electron chi connectivity index (χ2n) is 6.99. The second kappa shape index (κ2) is 5.54. The summed E-state index contributed by atoms with van der Waals surface area (Å²) in [5.74, 6) is 0.751. The van der Waals surface area contributed by atoms with Crippen molar-refractivity contribution in [1.29, 1.82) is 5.26 Å². The molecule has 1 aliphatic rings. The van der Waals surface area contributed by atoms with Crippen LogP contribution < -0.4 is 10.2 Å². The number of carbonyl (C=O) groups excluding carboxylic acids is 1. The SMILES string of the molecule is CC(C)(C)C(=O)NC1CN(c2nc3ccccc3cc2C#N)C1. The first-order valence-electron chi connectivity index (χ1n) is 7.74. The van der Waals surface area contributed by atoms with E-state index in [0.29, 0.717) is 24.5 Å². The first-order chi connectivity index (χ1) is 10.9. The van der Waals surface area contributed by atoms with Gasteiger partial charge in [0.1, 0.15) is 11.9 Å². The predicted molar refractivity (Wildman–Crippen MR) is 90.1 cm³/mol. The minimum atomic E-state index is -0.389. The molecule has 2 aromatic rings. The van der Waals surface area contributed by atoms with E-state index in [1.807, 2.05) is 56.0 Å². The van der Waals surface area contributed by atoms with Crippen molar-refractivity contribution in [3.8, 4) is 6.07 Å². The molecular formula is C18H20N4O. The van der Waals surface area contributed by atoms with Crippen LogP contribution in [0.3, 0.4) is 0 Å². The zero-order valence-electron chi connectivity index (χ0n) is 13.6. The third-order valence-electron chi connectivity index (χ3n) is 4.02. The number of hydrogen-bond donors (Lipinski definition) is 1. The molecule has 23 heavy (non-hydrogen) atoms. The highest BCUT2D eigenvalue weighted by atomic mass is 16.2. The summed E-state index contributed by atoms with van der Waals surface area (Å²) < 4.78 is 0. The van der Waals surface area contributed by atoms with Crippen molar-refractivity contribution in [3.05, 3.63) is 35.9 Å². The minimum absolute atomic E-state index is 0.0501. The number of benzene rings is 1. The maximum Gasteiger partial charge on any atom is 0.225 e. The largest absolute Gasteiger partial charge is 0.351 e. The molecular weight excluding hydrogens is 288 g/mol. The molecule has 0 saturated carbocycles. The van der Waals surface area contributed by atoms with Crippen molar-refractivity contribution in [2.24, 2.45) is 5.41 Å². The average Bonchev–Trinajstić information content (AvgIpc) is 2.48. The van der Waals surface area contributed by atoms with Gasteiger partial charge in [0, 0.05) is 23.9 Å². The monoisotopic (exact) mass is 308 g/mol. The summed E-state index contributed by atoms with van der Waals surface area (Å²) in [6, 6.07) is 12.0. The standard InChI is InChI=1S/C18H20N4O/c1-18(2,3)17(23)20-14-10-22(11-14)16-13(9-19)8-12-6-4-5-7-15(12)21-16/h4-8,14H,10-11H2,1-3H3,(H,20,23). The lowest BCUT2D eigenvalue weighted by Crippen LogP contribution is -2.61. The molecule has 118 valence electrons. The summed E-state index contributed by atoms with van der Waals surface area (Å²) in [6.45, 7) is 7.07. The first kappa shape index (κ1) is 15.3. The zero-order chi connectivity index (χ0) is 16.6. The molecule has 0 bridgehead atoms.